The van der Waals surface area contributed by atoms with Gasteiger partial charge in [0.05, 0.1) is 0 Å². The second kappa shape index (κ2) is 6.27. The molecule has 0 rings (SSSR count). The molecule has 0 N–H and O–H groups in total. The van der Waals surface area contributed by atoms with Crippen LogP contribution in [0.25, 0.3) is 0 Å². The summed E-state index contributed by atoms with van der Waals surface area (Å²) in [6.45, 7) is 15.7. The lowest BCUT2D eigenvalue weighted by atomic mass is 9.77. The van der Waals surface area contributed by atoms with Gasteiger partial charge in [-0.2, -0.15) is 0 Å². The van der Waals surface area contributed by atoms with E-state index in [0.717, 1.165) is 5.92 Å². The smallest absolute Gasteiger partial charge is 0.0150 e. The Balaban J connectivity index is 4.15. The SMILES string of the molecule is C=C(CC(CC)CCC)C(C)(C)CC. The Morgan fingerprint density at radius 2 is 1.79 bits per heavy atom. The highest BCUT2D eigenvalue weighted by molar-refractivity contribution is 5.07. The molecule has 0 aromatic heterocycles. The van der Waals surface area contributed by atoms with Crippen LogP contribution >= 0.6 is 0 Å². The minimum absolute atomic E-state index is 0.334. The molecule has 0 radical (unpaired) electrons. The van der Waals surface area contributed by atoms with Crippen LogP contribution in [0.3, 0.4) is 0 Å². The van der Waals surface area contributed by atoms with Crippen molar-refractivity contribution in [3.05, 3.63) is 12.2 Å². The van der Waals surface area contributed by atoms with Gasteiger partial charge in [0.1, 0.15) is 0 Å². The Morgan fingerprint density at radius 1 is 1.21 bits per heavy atom. The van der Waals surface area contributed by atoms with Crippen LogP contribution in [0.2, 0.25) is 0 Å². The normalized spacial score (nSPS) is 14.1. The maximum Gasteiger partial charge on any atom is -0.0150 e. The third-order valence-corrected chi connectivity index (χ3v) is 3.65. The van der Waals surface area contributed by atoms with Crippen molar-refractivity contribution >= 4 is 0 Å². The van der Waals surface area contributed by atoms with Crippen molar-refractivity contribution in [1.82, 2.24) is 0 Å². The minimum Gasteiger partial charge on any atom is -0.0993 e. The third kappa shape index (κ3) is 4.30. The van der Waals surface area contributed by atoms with E-state index in [-0.39, 0.29) is 0 Å². The highest BCUT2D eigenvalue weighted by Crippen LogP contribution is 2.34. The van der Waals surface area contributed by atoms with Crippen molar-refractivity contribution in [1.29, 1.82) is 0 Å². The maximum absolute atomic E-state index is 4.27. The molecule has 14 heavy (non-hydrogen) atoms. The fourth-order valence-corrected chi connectivity index (χ4v) is 1.73. The molecule has 0 bridgehead atoms. The van der Waals surface area contributed by atoms with E-state index in [9.17, 15) is 0 Å². The zero-order valence-electron chi connectivity index (χ0n) is 10.8. The van der Waals surface area contributed by atoms with E-state index in [1.807, 2.05) is 0 Å². The summed E-state index contributed by atoms with van der Waals surface area (Å²) in [5.74, 6) is 0.860. The quantitative estimate of drug-likeness (QED) is 0.491. The molecule has 1 unspecified atom stereocenters. The lowest BCUT2D eigenvalue weighted by molar-refractivity contribution is 0.368. The van der Waals surface area contributed by atoms with Gasteiger partial charge in [-0.15, -0.1) is 0 Å². The van der Waals surface area contributed by atoms with Crippen LogP contribution in [0, 0.1) is 11.3 Å². The van der Waals surface area contributed by atoms with Gasteiger partial charge in [-0.05, 0) is 24.2 Å². The molecule has 0 saturated heterocycles. The molecule has 1 atom stereocenters. The molecule has 0 heteroatoms. The van der Waals surface area contributed by atoms with Gasteiger partial charge < -0.3 is 0 Å². The number of hydrogen-bond acceptors (Lipinski definition) is 0. The molecular formula is C14H28. The molecule has 0 amide bonds. The molecule has 0 saturated carbocycles. The zero-order chi connectivity index (χ0) is 11.2. The van der Waals surface area contributed by atoms with E-state index in [0.29, 0.717) is 5.41 Å². The van der Waals surface area contributed by atoms with Crippen LogP contribution in [0.4, 0.5) is 0 Å². The summed E-state index contributed by atoms with van der Waals surface area (Å²) in [6, 6.07) is 0. The van der Waals surface area contributed by atoms with Crippen molar-refractivity contribution in [2.75, 3.05) is 0 Å². The first kappa shape index (κ1) is 13.7. The molecule has 0 fully saturated rings. The second-order valence-electron chi connectivity index (χ2n) is 5.11. The average Bonchev–Trinajstić information content (AvgIpc) is 2.16. The molecular weight excluding hydrogens is 168 g/mol. The van der Waals surface area contributed by atoms with E-state index in [1.54, 1.807) is 0 Å². The van der Waals surface area contributed by atoms with Crippen molar-refractivity contribution in [2.24, 2.45) is 11.3 Å². The summed E-state index contributed by atoms with van der Waals surface area (Å²) < 4.78 is 0. The highest BCUT2D eigenvalue weighted by Gasteiger charge is 2.21. The number of rotatable bonds is 7. The van der Waals surface area contributed by atoms with Gasteiger partial charge in [0.2, 0.25) is 0 Å². The van der Waals surface area contributed by atoms with Gasteiger partial charge in [0.25, 0.3) is 0 Å². The number of hydrogen-bond donors (Lipinski definition) is 0. The number of allylic oxidation sites excluding steroid dienone is 1. The van der Waals surface area contributed by atoms with Crippen molar-refractivity contribution < 1.29 is 0 Å². The van der Waals surface area contributed by atoms with E-state index >= 15 is 0 Å². The van der Waals surface area contributed by atoms with Gasteiger partial charge in [-0.1, -0.05) is 66.0 Å². The van der Waals surface area contributed by atoms with Crippen LogP contribution in [-0.4, -0.2) is 0 Å². The summed E-state index contributed by atoms with van der Waals surface area (Å²) >= 11 is 0. The van der Waals surface area contributed by atoms with Gasteiger partial charge >= 0.3 is 0 Å². The molecule has 0 heterocycles. The van der Waals surface area contributed by atoms with Gasteiger partial charge in [0.15, 0.2) is 0 Å². The predicted molar refractivity (Wildman–Crippen MR) is 66.5 cm³/mol. The summed E-state index contributed by atoms with van der Waals surface area (Å²) in [7, 11) is 0. The molecule has 0 aliphatic carbocycles. The Morgan fingerprint density at radius 3 is 2.14 bits per heavy atom. The van der Waals surface area contributed by atoms with E-state index in [1.165, 1.54) is 37.7 Å². The average molecular weight is 196 g/mol. The molecule has 0 nitrogen and oxygen atoms in total. The maximum atomic E-state index is 4.27. The van der Waals surface area contributed by atoms with Crippen LogP contribution in [0.5, 0.6) is 0 Å². The Hall–Kier alpha value is -0.260. The largest absolute Gasteiger partial charge is 0.0993 e. The Bertz CT molecular complexity index is 165. The van der Waals surface area contributed by atoms with Crippen LogP contribution in [0.1, 0.15) is 66.7 Å². The first-order valence-corrected chi connectivity index (χ1v) is 6.16. The molecule has 84 valence electrons. The summed E-state index contributed by atoms with van der Waals surface area (Å²) in [6.07, 6.45) is 6.39. The summed E-state index contributed by atoms with van der Waals surface area (Å²) in [5.41, 5.74) is 1.78. The van der Waals surface area contributed by atoms with E-state index in [4.69, 9.17) is 0 Å². The standard InChI is InChI=1S/C14H28/c1-7-10-13(8-2)11-12(4)14(5,6)9-3/h13H,4,7-11H2,1-3,5-6H3. The second-order valence-corrected chi connectivity index (χ2v) is 5.11. The van der Waals surface area contributed by atoms with Gasteiger partial charge in [-0.3, -0.25) is 0 Å². The summed E-state index contributed by atoms with van der Waals surface area (Å²) in [5, 5.41) is 0. The van der Waals surface area contributed by atoms with Crippen LogP contribution in [-0.2, 0) is 0 Å². The summed E-state index contributed by atoms with van der Waals surface area (Å²) in [4.78, 5) is 0. The highest BCUT2D eigenvalue weighted by atomic mass is 14.3. The lowest BCUT2D eigenvalue weighted by Gasteiger charge is -2.28. The Kier molecular flexibility index (Phi) is 6.15. The third-order valence-electron chi connectivity index (χ3n) is 3.65. The fourth-order valence-electron chi connectivity index (χ4n) is 1.73. The molecule has 0 aliphatic rings. The van der Waals surface area contributed by atoms with Crippen LogP contribution in [0.15, 0.2) is 12.2 Å². The van der Waals surface area contributed by atoms with Gasteiger partial charge in [-0.25, -0.2) is 0 Å². The molecule has 0 aliphatic heterocycles. The minimum atomic E-state index is 0.334. The van der Waals surface area contributed by atoms with Gasteiger partial charge in [0, 0.05) is 0 Å². The molecule has 0 aromatic carbocycles. The first-order valence-electron chi connectivity index (χ1n) is 6.16. The molecule has 0 aromatic rings. The Labute approximate surface area is 90.8 Å². The fraction of sp³-hybridized carbons (Fsp3) is 0.857. The predicted octanol–water partition coefficient (Wildman–Crippen LogP) is 5.20. The van der Waals surface area contributed by atoms with Crippen molar-refractivity contribution in [3.63, 3.8) is 0 Å². The lowest BCUT2D eigenvalue weighted by Crippen LogP contribution is -2.15. The topological polar surface area (TPSA) is 0 Å². The molecule has 0 spiro atoms. The van der Waals surface area contributed by atoms with Crippen LogP contribution < -0.4 is 0 Å². The van der Waals surface area contributed by atoms with Crippen molar-refractivity contribution in [3.8, 4) is 0 Å². The van der Waals surface area contributed by atoms with E-state index in [2.05, 4.69) is 41.2 Å². The van der Waals surface area contributed by atoms with E-state index < -0.39 is 0 Å². The zero-order valence-corrected chi connectivity index (χ0v) is 10.8. The monoisotopic (exact) mass is 196 g/mol. The first-order chi connectivity index (χ1) is 6.47. The van der Waals surface area contributed by atoms with Crippen molar-refractivity contribution in [2.45, 2.75) is 66.7 Å².